The van der Waals surface area contributed by atoms with E-state index in [4.69, 9.17) is 0 Å². The van der Waals surface area contributed by atoms with Crippen LogP contribution in [0.5, 0.6) is 0 Å². The monoisotopic (exact) mass is 334 g/mol. The first kappa shape index (κ1) is 17.4. The molecule has 2 aromatic rings. The third kappa shape index (κ3) is 5.63. The lowest BCUT2D eigenvalue weighted by Gasteiger charge is -2.11. The Morgan fingerprint density at radius 2 is 2.17 bits per heavy atom. The molecule has 1 aromatic carbocycles. The molecule has 23 heavy (non-hydrogen) atoms. The van der Waals surface area contributed by atoms with Gasteiger partial charge in [-0.15, -0.1) is 11.3 Å². The molecular weight excluding hydrogens is 311 g/mol. The topological polar surface area (TPSA) is 49.3 Å². The van der Waals surface area contributed by atoms with Gasteiger partial charge in [-0.2, -0.15) is 0 Å². The molecule has 0 aliphatic carbocycles. The summed E-state index contributed by atoms with van der Waals surface area (Å²) in [6, 6.07) is 6.54. The summed E-state index contributed by atoms with van der Waals surface area (Å²) in [6.07, 6.45) is 0.851. The van der Waals surface area contributed by atoms with Crippen LogP contribution >= 0.6 is 11.3 Å². The van der Waals surface area contributed by atoms with Gasteiger partial charge in [0.2, 0.25) is 0 Å². The van der Waals surface area contributed by atoms with E-state index in [0.717, 1.165) is 24.2 Å². The Balaban J connectivity index is 1.76. The predicted molar refractivity (Wildman–Crippen MR) is 94.5 cm³/mol. The molecule has 6 heteroatoms. The Bertz CT molecular complexity index is 652. The number of benzene rings is 1. The first-order valence-electron chi connectivity index (χ1n) is 7.71. The highest BCUT2D eigenvalue weighted by atomic mass is 32.1. The standard InChI is InChI=1S/C17H23FN4S/c1-12(2)16-22-15(11-23-16)7-8-20-17(19-3)21-10-13-5-4-6-14(18)9-13/h4-6,9,11-12H,7-8,10H2,1-3H3,(H2,19,20,21). The molecule has 0 atom stereocenters. The average molecular weight is 334 g/mol. The molecule has 0 unspecified atom stereocenters. The molecule has 0 saturated carbocycles. The number of nitrogens with one attached hydrogen (secondary N) is 2. The summed E-state index contributed by atoms with van der Waals surface area (Å²) in [6.45, 7) is 5.59. The summed E-state index contributed by atoms with van der Waals surface area (Å²) in [5, 5.41) is 9.71. The molecule has 0 aliphatic rings. The van der Waals surface area contributed by atoms with Crippen LogP contribution in [-0.4, -0.2) is 24.5 Å². The number of rotatable bonds is 6. The van der Waals surface area contributed by atoms with E-state index in [2.05, 4.69) is 39.8 Å². The first-order valence-corrected chi connectivity index (χ1v) is 8.59. The smallest absolute Gasteiger partial charge is 0.191 e. The lowest BCUT2D eigenvalue weighted by Crippen LogP contribution is -2.37. The SMILES string of the molecule is CN=C(NCCc1csc(C(C)C)n1)NCc1cccc(F)c1. The maximum atomic E-state index is 13.1. The molecular formula is C17H23FN4S. The number of nitrogens with zero attached hydrogens (tertiary/aromatic N) is 2. The second kappa shape index (κ2) is 8.62. The van der Waals surface area contributed by atoms with Crippen molar-refractivity contribution in [1.29, 1.82) is 0 Å². The molecule has 2 rings (SSSR count). The van der Waals surface area contributed by atoms with Crippen LogP contribution in [0.15, 0.2) is 34.6 Å². The van der Waals surface area contributed by atoms with Crippen LogP contribution in [0.1, 0.15) is 36.0 Å². The van der Waals surface area contributed by atoms with Gasteiger partial charge in [0.15, 0.2) is 5.96 Å². The third-order valence-electron chi connectivity index (χ3n) is 3.31. The van der Waals surface area contributed by atoms with Crippen LogP contribution in [0, 0.1) is 5.82 Å². The summed E-state index contributed by atoms with van der Waals surface area (Å²) >= 11 is 1.71. The second-order valence-electron chi connectivity index (χ2n) is 5.56. The lowest BCUT2D eigenvalue weighted by atomic mass is 10.2. The molecule has 1 heterocycles. The summed E-state index contributed by atoms with van der Waals surface area (Å²) in [4.78, 5) is 8.79. The normalized spacial score (nSPS) is 11.8. The van der Waals surface area contributed by atoms with Gasteiger partial charge in [0.1, 0.15) is 5.82 Å². The molecule has 1 aromatic heterocycles. The number of hydrogen-bond acceptors (Lipinski definition) is 3. The van der Waals surface area contributed by atoms with Crippen molar-refractivity contribution in [3.8, 4) is 0 Å². The third-order valence-corrected chi connectivity index (χ3v) is 4.50. The maximum absolute atomic E-state index is 13.1. The van der Waals surface area contributed by atoms with E-state index in [0.29, 0.717) is 18.4 Å². The van der Waals surface area contributed by atoms with Crippen LogP contribution in [0.3, 0.4) is 0 Å². The van der Waals surface area contributed by atoms with Crippen molar-refractivity contribution < 1.29 is 4.39 Å². The zero-order chi connectivity index (χ0) is 16.7. The van der Waals surface area contributed by atoms with E-state index in [1.807, 2.05) is 6.07 Å². The van der Waals surface area contributed by atoms with Crippen molar-refractivity contribution in [2.45, 2.75) is 32.7 Å². The number of hydrogen-bond donors (Lipinski definition) is 2. The van der Waals surface area contributed by atoms with Crippen LogP contribution in [0.25, 0.3) is 0 Å². The highest BCUT2D eigenvalue weighted by molar-refractivity contribution is 7.09. The van der Waals surface area contributed by atoms with E-state index < -0.39 is 0 Å². The van der Waals surface area contributed by atoms with Gasteiger partial charge in [-0.05, 0) is 17.7 Å². The number of halogens is 1. The Morgan fingerprint density at radius 3 is 2.83 bits per heavy atom. The van der Waals surface area contributed by atoms with E-state index in [-0.39, 0.29) is 5.82 Å². The fourth-order valence-electron chi connectivity index (χ4n) is 2.06. The van der Waals surface area contributed by atoms with E-state index >= 15 is 0 Å². The van der Waals surface area contributed by atoms with Crippen LogP contribution in [-0.2, 0) is 13.0 Å². The lowest BCUT2D eigenvalue weighted by molar-refractivity contribution is 0.624. The van der Waals surface area contributed by atoms with E-state index in [9.17, 15) is 4.39 Å². The number of thiazole rings is 1. The molecule has 4 nitrogen and oxygen atoms in total. The van der Waals surface area contributed by atoms with Gasteiger partial charge in [-0.1, -0.05) is 26.0 Å². The molecule has 124 valence electrons. The zero-order valence-electron chi connectivity index (χ0n) is 13.8. The minimum atomic E-state index is -0.225. The van der Waals surface area contributed by atoms with Gasteiger partial charge in [0.25, 0.3) is 0 Å². The summed E-state index contributed by atoms with van der Waals surface area (Å²) in [5.74, 6) is 0.952. The number of aromatic nitrogens is 1. The Hall–Kier alpha value is -1.95. The molecule has 0 amide bonds. The number of guanidine groups is 1. The Morgan fingerprint density at radius 1 is 1.35 bits per heavy atom. The zero-order valence-corrected chi connectivity index (χ0v) is 14.6. The highest BCUT2D eigenvalue weighted by Crippen LogP contribution is 2.19. The van der Waals surface area contributed by atoms with Crippen LogP contribution in [0.4, 0.5) is 4.39 Å². The van der Waals surface area contributed by atoms with Gasteiger partial charge in [-0.3, -0.25) is 4.99 Å². The van der Waals surface area contributed by atoms with Gasteiger partial charge < -0.3 is 10.6 Å². The second-order valence-corrected chi connectivity index (χ2v) is 6.45. The fourth-order valence-corrected chi connectivity index (χ4v) is 2.93. The van der Waals surface area contributed by atoms with Crippen molar-refractivity contribution in [2.24, 2.45) is 4.99 Å². The van der Waals surface area contributed by atoms with Gasteiger partial charge in [0.05, 0.1) is 10.7 Å². The van der Waals surface area contributed by atoms with Crippen LogP contribution in [0.2, 0.25) is 0 Å². The molecule has 0 aliphatic heterocycles. The Kier molecular flexibility index (Phi) is 6.52. The van der Waals surface area contributed by atoms with E-state index in [1.165, 1.54) is 17.1 Å². The molecule has 0 radical (unpaired) electrons. The van der Waals surface area contributed by atoms with Gasteiger partial charge >= 0.3 is 0 Å². The summed E-state index contributed by atoms with van der Waals surface area (Å²) < 4.78 is 13.1. The first-order chi connectivity index (χ1) is 11.1. The molecule has 0 bridgehead atoms. The van der Waals surface area contributed by atoms with Gasteiger partial charge in [0, 0.05) is 37.9 Å². The average Bonchev–Trinajstić information content (AvgIpc) is 3.00. The van der Waals surface area contributed by atoms with Crippen molar-refractivity contribution in [3.63, 3.8) is 0 Å². The highest BCUT2D eigenvalue weighted by Gasteiger charge is 2.06. The largest absolute Gasteiger partial charge is 0.356 e. The molecule has 2 N–H and O–H groups in total. The number of aliphatic imine (C=N–C) groups is 1. The quantitative estimate of drug-likeness (QED) is 0.629. The van der Waals surface area contributed by atoms with Crippen LogP contribution < -0.4 is 10.6 Å². The summed E-state index contributed by atoms with van der Waals surface area (Å²) in [5.41, 5.74) is 1.99. The van der Waals surface area contributed by atoms with Crippen molar-refractivity contribution in [3.05, 3.63) is 51.7 Å². The summed E-state index contributed by atoms with van der Waals surface area (Å²) in [7, 11) is 1.72. The fraction of sp³-hybridized carbons (Fsp3) is 0.412. The minimum absolute atomic E-state index is 0.225. The molecule has 0 spiro atoms. The molecule has 0 fully saturated rings. The van der Waals surface area contributed by atoms with Crippen molar-refractivity contribution in [2.75, 3.05) is 13.6 Å². The van der Waals surface area contributed by atoms with Gasteiger partial charge in [-0.25, -0.2) is 9.37 Å². The molecule has 0 saturated heterocycles. The van der Waals surface area contributed by atoms with Crippen molar-refractivity contribution >= 4 is 17.3 Å². The van der Waals surface area contributed by atoms with Crippen molar-refractivity contribution in [1.82, 2.24) is 15.6 Å². The Labute approximate surface area is 140 Å². The maximum Gasteiger partial charge on any atom is 0.191 e. The minimum Gasteiger partial charge on any atom is -0.356 e. The van der Waals surface area contributed by atoms with E-state index in [1.54, 1.807) is 24.5 Å². The predicted octanol–water partition coefficient (Wildman–Crippen LogP) is 3.31.